The molecule has 0 amide bonds. The second-order valence-electron chi connectivity index (χ2n) is 10.6. The quantitative estimate of drug-likeness (QED) is 0.157. The number of hydrogen-bond acceptors (Lipinski definition) is 9. The van der Waals surface area contributed by atoms with E-state index in [0.29, 0.717) is 37.8 Å². The molecule has 5 rings (SSSR count). The number of fused-ring (bicyclic) bond motifs is 1. The Hall–Kier alpha value is -4.57. The number of hydrogen-bond donors (Lipinski definition) is 3. The molecule has 224 valence electrons. The van der Waals surface area contributed by atoms with Crippen molar-refractivity contribution in [2.75, 3.05) is 43.4 Å². The molecule has 0 unspecified atom stereocenters. The van der Waals surface area contributed by atoms with Crippen LogP contribution in [0.2, 0.25) is 0 Å². The molecule has 1 aromatic carbocycles. The Bertz CT molecular complexity index is 1420. The number of ether oxygens (including phenoxy) is 1. The minimum atomic E-state index is -0.925. The Balaban J connectivity index is 1.14. The summed E-state index contributed by atoms with van der Waals surface area (Å²) < 4.78 is 5.84. The molecule has 0 bridgehead atoms. The molecule has 1 aliphatic heterocycles. The van der Waals surface area contributed by atoms with E-state index in [-0.39, 0.29) is 0 Å². The van der Waals surface area contributed by atoms with E-state index in [1.807, 2.05) is 48.5 Å². The van der Waals surface area contributed by atoms with Crippen LogP contribution in [0.15, 0.2) is 79.3 Å². The fraction of sp³-hybridized carbons (Fsp3) is 0.364. The third-order valence-corrected chi connectivity index (χ3v) is 7.48. The normalized spacial score (nSPS) is 13.1. The number of carbonyl (C=O) groups is 1. The summed E-state index contributed by atoms with van der Waals surface area (Å²) in [6, 6.07) is 18.9. The predicted octanol–water partition coefficient (Wildman–Crippen LogP) is 4.95. The Labute approximate surface area is 252 Å². The summed E-state index contributed by atoms with van der Waals surface area (Å²) >= 11 is 0. The summed E-state index contributed by atoms with van der Waals surface area (Å²) in [6.45, 7) is 3.53. The molecule has 0 aliphatic carbocycles. The van der Waals surface area contributed by atoms with Crippen molar-refractivity contribution in [2.24, 2.45) is 0 Å². The molecule has 1 aliphatic rings. The number of unbranched alkanes of at least 4 members (excludes halogenated alkanes) is 1. The van der Waals surface area contributed by atoms with Gasteiger partial charge in [0, 0.05) is 43.2 Å². The van der Waals surface area contributed by atoms with Crippen LogP contribution in [0.3, 0.4) is 0 Å². The van der Waals surface area contributed by atoms with E-state index in [9.17, 15) is 9.90 Å². The zero-order valence-corrected chi connectivity index (χ0v) is 24.4. The molecule has 4 aromatic rings. The third-order valence-electron chi connectivity index (χ3n) is 7.48. The van der Waals surface area contributed by atoms with Gasteiger partial charge in [0.15, 0.2) is 0 Å². The van der Waals surface area contributed by atoms with Gasteiger partial charge in [-0.3, -0.25) is 9.88 Å². The van der Waals surface area contributed by atoms with Gasteiger partial charge < -0.3 is 20.5 Å². The van der Waals surface area contributed by atoms with Gasteiger partial charge in [0.25, 0.3) is 0 Å². The lowest BCUT2D eigenvalue weighted by Crippen LogP contribution is -2.37. The molecule has 4 heterocycles. The maximum Gasteiger partial charge on any atom is 0.326 e. The van der Waals surface area contributed by atoms with Gasteiger partial charge >= 0.3 is 5.97 Å². The van der Waals surface area contributed by atoms with E-state index in [4.69, 9.17) is 9.72 Å². The van der Waals surface area contributed by atoms with Gasteiger partial charge in [-0.1, -0.05) is 42.5 Å². The van der Waals surface area contributed by atoms with Gasteiger partial charge in [-0.05, 0) is 62.8 Å². The number of carboxylic acids is 1. The van der Waals surface area contributed by atoms with Crippen molar-refractivity contribution in [3.05, 3.63) is 90.5 Å². The van der Waals surface area contributed by atoms with Gasteiger partial charge in [-0.2, -0.15) is 0 Å². The summed E-state index contributed by atoms with van der Waals surface area (Å²) in [5, 5.41) is 16.4. The van der Waals surface area contributed by atoms with Crippen LogP contribution < -0.4 is 15.4 Å². The van der Waals surface area contributed by atoms with E-state index < -0.39 is 12.0 Å². The lowest BCUT2D eigenvalue weighted by molar-refractivity contribution is -0.138. The fourth-order valence-corrected chi connectivity index (χ4v) is 5.10. The third kappa shape index (κ3) is 9.21. The second kappa shape index (κ2) is 15.6. The van der Waals surface area contributed by atoms with Gasteiger partial charge in [0.2, 0.25) is 5.88 Å². The SMILES string of the molecule is O=C(O)[C@H](CCN(CCCCc1ccc2c(n1)NCCC2)CCOc1ccccn1)Nc1cnc(-c2ccccc2)cn1. The highest BCUT2D eigenvalue weighted by molar-refractivity contribution is 5.76. The number of pyridine rings is 2. The predicted molar refractivity (Wildman–Crippen MR) is 167 cm³/mol. The zero-order chi connectivity index (χ0) is 29.7. The number of nitrogens with one attached hydrogen (secondary N) is 2. The van der Waals surface area contributed by atoms with E-state index in [1.54, 1.807) is 18.6 Å². The van der Waals surface area contributed by atoms with Crippen molar-refractivity contribution in [1.29, 1.82) is 0 Å². The highest BCUT2D eigenvalue weighted by Crippen LogP contribution is 2.21. The number of aryl methyl sites for hydroxylation is 2. The molecule has 10 nitrogen and oxygen atoms in total. The maximum absolute atomic E-state index is 12.1. The number of aromatic nitrogens is 4. The van der Waals surface area contributed by atoms with E-state index in [1.165, 1.54) is 5.56 Å². The van der Waals surface area contributed by atoms with Crippen molar-refractivity contribution < 1.29 is 14.6 Å². The molecule has 0 radical (unpaired) electrons. The number of benzene rings is 1. The summed E-state index contributed by atoms with van der Waals surface area (Å²) in [7, 11) is 0. The maximum atomic E-state index is 12.1. The topological polar surface area (TPSA) is 125 Å². The number of anilines is 2. The Kier molecular flexibility index (Phi) is 10.8. The average molecular weight is 582 g/mol. The molecule has 1 atom stereocenters. The molecule has 3 aromatic heterocycles. The van der Waals surface area contributed by atoms with Crippen LogP contribution in [0.4, 0.5) is 11.6 Å². The van der Waals surface area contributed by atoms with Gasteiger partial charge in [0.05, 0.1) is 18.1 Å². The Morgan fingerprint density at radius 1 is 0.977 bits per heavy atom. The van der Waals surface area contributed by atoms with Crippen molar-refractivity contribution >= 4 is 17.6 Å². The molecule has 10 heteroatoms. The first-order valence-corrected chi connectivity index (χ1v) is 15.0. The summed E-state index contributed by atoms with van der Waals surface area (Å²) in [5.74, 6) is 1.12. The van der Waals surface area contributed by atoms with E-state index in [0.717, 1.165) is 68.0 Å². The van der Waals surface area contributed by atoms with E-state index >= 15 is 0 Å². The standard InChI is InChI=1S/C33H39N7O3/c41-33(42)28(39-30-24-36-29(23-37-30)25-9-2-1-3-10-25)16-20-40(21-22-43-31-13-4-6-17-34-31)19-7-5-12-27-15-14-26-11-8-18-35-32(26)38-27/h1-4,6,9-10,13-15,17,23-24,28H,5,7-8,11-12,16,18-22H2,(H,35,38)(H,37,39)(H,41,42)/t28-/m0/s1. The first-order chi connectivity index (χ1) is 21.1. The van der Waals surface area contributed by atoms with Gasteiger partial charge in [0.1, 0.15) is 24.3 Å². The van der Waals surface area contributed by atoms with Gasteiger partial charge in [-0.25, -0.2) is 19.7 Å². The lowest BCUT2D eigenvalue weighted by atomic mass is 10.1. The van der Waals surface area contributed by atoms with E-state index in [2.05, 4.69) is 42.6 Å². The molecular formula is C33H39N7O3. The molecule has 0 fully saturated rings. The monoisotopic (exact) mass is 581 g/mol. The number of aliphatic carboxylic acids is 1. The lowest BCUT2D eigenvalue weighted by Gasteiger charge is -2.24. The molecule has 0 spiro atoms. The second-order valence-corrected chi connectivity index (χ2v) is 10.6. The number of carboxylic acid groups (broad SMARTS) is 1. The Morgan fingerprint density at radius 2 is 1.86 bits per heavy atom. The molecular weight excluding hydrogens is 542 g/mol. The minimum Gasteiger partial charge on any atom is -0.480 e. The van der Waals surface area contributed by atoms with Crippen molar-refractivity contribution in [1.82, 2.24) is 24.8 Å². The highest BCUT2D eigenvalue weighted by Gasteiger charge is 2.20. The van der Waals surface area contributed by atoms with Crippen LogP contribution in [0, 0.1) is 0 Å². The summed E-state index contributed by atoms with van der Waals surface area (Å²) in [4.78, 5) is 32.3. The zero-order valence-electron chi connectivity index (χ0n) is 24.4. The number of nitrogens with zero attached hydrogens (tertiary/aromatic N) is 5. The summed E-state index contributed by atoms with van der Waals surface area (Å²) in [5.41, 5.74) is 4.10. The molecule has 43 heavy (non-hydrogen) atoms. The molecule has 0 saturated heterocycles. The fourth-order valence-electron chi connectivity index (χ4n) is 5.10. The van der Waals surface area contributed by atoms with Crippen LogP contribution in [0.25, 0.3) is 11.3 Å². The molecule has 0 saturated carbocycles. The smallest absolute Gasteiger partial charge is 0.326 e. The average Bonchev–Trinajstić information content (AvgIpc) is 3.05. The van der Waals surface area contributed by atoms with Crippen LogP contribution in [-0.2, 0) is 17.6 Å². The van der Waals surface area contributed by atoms with Crippen molar-refractivity contribution in [3.63, 3.8) is 0 Å². The van der Waals surface area contributed by atoms with Crippen molar-refractivity contribution in [2.45, 2.75) is 44.6 Å². The first-order valence-electron chi connectivity index (χ1n) is 15.0. The van der Waals surface area contributed by atoms with Crippen LogP contribution in [-0.4, -0.2) is 74.7 Å². The van der Waals surface area contributed by atoms with Gasteiger partial charge in [-0.15, -0.1) is 0 Å². The van der Waals surface area contributed by atoms with Crippen LogP contribution >= 0.6 is 0 Å². The largest absolute Gasteiger partial charge is 0.480 e. The Morgan fingerprint density at radius 3 is 2.65 bits per heavy atom. The summed E-state index contributed by atoms with van der Waals surface area (Å²) in [6.07, 6.45) is 10.5. The van der Waals surface area contributed by atoms with Crippen LogP contribution in [0.5, 0.6) is 5.88 Å². The molecule has 3 N–H and O–H groups in total. The van der Waals surface area contributed by atoms with Crippen LogP contribution in [0.1, 0.15) is 36.9 Å². The first kappa shape index (κ1) is 29.9. The highest BCUT2D eigenvalue weighted by atomic mass is 16.5. The minimum absolute atomic E-state index is 0.402. The number of rotatable bonds is 16. The van der Waals surface area contributed by atoms with Crippen molar-refractivity contribution in [3.8, 4) is 17.1 Å².